The zero-order chi connectivity index (χ0) is 19.2. The fourth-order valence-corrected chi connectivity index (χ4v) is 3.38. The van der Waals surface area contributed by atoms with Gasteiger partial charge in [-0.1, -0.05) is 24.3 Å². The average molecular weight is 370 g/mol. The Morgan fingerprint density at radius 3 is 2.67 bits per heavy atom. The maximum atomic E-state index is 13.1. The maximum Gasteiger partial charge on any atom is 0.339 e. The molecule has 1 aliphatic rings. The zero-order valence-corrected chi connectivity index (χ0v) is 15.3. The second kappa shape index (κ2) is 8.77. The van der Waals surface area contributed by atoms with Crippen molar-refractivity contribution in [2.45, 2.75) is 19.4 Å². The number of hydrogen-bond donors (Lipinski definition) is 1. The molecule has 0 aliphatic carbocycles. The van der Waals surface area contributed by atoms with Crippen LogP contribution in [0.5, 0.6) is 0 Å². The molecule has 2 aromatic rings. The Morgan fingerprint density at radius 2 is 1.93 bits per heavy atom. The molecule has 0 aromatic heterocycles. The average Bonchev–Trinajstić information content (AvgIpc) is 2.70. The van der Waals surface area contributed by atoms with Crippen LogP contribution in [0.3, 0.4) is 0 Å². The Morgan fingerprint density at radius 1 is 1.19 bits per heavy atom. The van der Waals surface area contributed by atoms with Crippen molar-refractivity contribution in [3.8, 4) is 0 Å². The summed E-state index contributed by atoms with van der Waals surface area (Å²) in [6.07, 6.45) is 1.71. The molecule has 0 spiro atoms. The Kier molecular flexibility index (Phi) is 6.19. The molecule has 1 amide bonds. The highest BCUT2D eigenvalue weighted by molar-refractivity contribution is 6.01. The van der Waals surface area contributed by atoms with Crippen LogP contribution in [0.1, 0.15) is 28.8 Å². The SMILES string of the molecule is COC(=O)c1ccccc1NC(=O)C1CCCN(Cc2ccc(F)cc2)C1. The number of anilines is 1. The molecule has 1 aliphatic heterocycles. The molecule has 3 rings (SSSR count). The minimum absolute atomic E-state index is 0.102. The number of likely N-dealkylation sites (tertiary alicyclic amines) is 1. The molecule has 1 saturated heterocycles. The van der Waals surface area contributed by atoms with Crippen molar-refractivity contribution < 1.29 is 18.7 Å². The Balaban J connectivity index is 1.63. The molecule has 1 heterocycles. The fourth-order valence-electron chi connectivity index (χ4n) is 3.38. The lowest BCUT2D eigenvalue weighted by Gasteiger charge is -2.32. The standard InChI is InChI=1S/C21H23FN2O3/c1-27-21(26)18-6-2-3-7-19(18)23-20(25)16-5-4-12-24(14-16)13-15-8-10-17(22)11-9-15/h2-3,6-11,16H,4-5,12-14H2,1H3,(H,23,25). The molecule has 1 atom stereocenters. The smallest absolute Gasteiger partial charge is 0.339 e. The van der Waals surface area contributed by atoms with E-state index in [9.17, 15) is 14.0 Å². The van der Waals surface area contributed by atoms with Crippen molar-refractivity contribution in [2.75, 3.05) is 25.5 Å². The van der Waals surface area contributed by atoms with E-state index >= 15 is 0 Å². The molecule has 1 unspecified atom stereocenters. The highest BCUT2D eigenvalue weighted by Gasteiger charge is 2.26. The lowest BCUT2D eigenvalue weighted by atomic mass is 9.96. The van der Waals surface area contributed by atoms with E-state index in [1.54, 1.807) is 36.4 Å². The summed E-state index contributed by atoms with van der Waals surface area (Å²) >= 11 is 0. The van der Waals surface area contributed by atoms with Crippen LogP contribution < -0.4 is 5.32 Å². The maximum absolute atomic E-state index is 13.1. The number of nitrogens with zero attached hydrogens (tertiary/aromatic N) is 1. The van der Waals surface area contributed by atoms with Gasteiger partial charge in [0.05, 0.1) is 24.3 Å². The predicted octanol–water partition coefficient (Wildman–Crippen LogP) is 3.46. The number of methoxy groups -OCH3 is 1. The number of ether oxygens (including phenoxy) is 1. The van der Waals surface area contributed by atoms with Crippen molar-refractivity contribution in [3.05, 3.63) is 65.5 Å². The number of halogens is 1. The van der Waals surface area contributed by atoms with E-state index in [4.69, 9.17) is 4.74 Å². The first-order valence-electron chi connectivity index (χ1n) is 9.02. The van der Waals surface area contributed by atoms with Gasteiger partial charge in [-0.15, -0.1) is 0 Å². The van der Waals surface area contributed by atoms with E-state index in [2.05, 4.69) is 10.2 Å². The topological polar surface area (TPSA) is 58.6 Å². The lowest BCUT2D eigenvalue weighted by molar-refractivity contribution is -0.121. The van der Waals surface area contributed by atoms with Crippen LogP contribution in [0.4, 0.5) is 10.1 Å². The zero-order valence-electron chi connectivity index (χ0n) is 15.3. The number of nitrogens with one attached hydrogen (secondary N) is 1. The van der Waals surface area contributed by atoms with Gasteiger partial charge in [-0.2, -0.15) is 0 Å². The molecule has 6 heteroatoms. The van der Waals surface area contributed by atoms with E-state index < -0.39 is 5.97 Å². The van der Waals surface area contributed by atoms with Crippen LogP contribution in [0.15, 0.2) is 48.5 Å². The van der Waals surface area contributed by atoms with Crippen molar-refractivity contribution in [2.24, 2.45) is 5.92 Å². The number of carbonyl (C=O) groups is 2. The van der Waals surface area contributed by atoms with Gasteiger partial charge in [0.1, 0.15) is 5.82 Å². The number of rotatable bonds is 5. The van der Waals surface area contributed by atoms with Crippen LogP contribution in [0.2, 0.25) is 0 Å². The van der Waals surface area contributed by atoms with Crippen LogP contribution >= 0.6 is 0 Å². The van der Waals surface area contributed by atoms with E-state index in [1.807, 2.05) is 0 Å². The number of esters is 1. The molecular formula is C21H23FN2O3. The van der Waals surface area contributed by atoms with Crippen molar-refractivity contribution in [1.29, 1.82) is 0 Å². The van der Waals surface area contributed by atoms with Crippen LogP contribution in [0, 0.1) is 11.7 Å². The summed E-state index contributed by atoms with van der Waals surface area (Å²) in [6, 6.07) is 13.3. The molecule has 5 nitrogen and oxygen atoms in total. The normalized spacial score (nSPS) is 17.3. The third-order valence-corrected chi connectivity index (χ3v) is 4.79. The molecular weight excluding hydrogens is 347 g/mol. The Hall–Kier alpha value is -2.73. The van der Waals surface area contributed by atoms with E-state index in [0.29, 0.717) is 24.3 Å². The quantitative estimate of drug-likeness (QED) is 0.819. The van der Waals surface area contributed by atoms with Crippen LogP contribution in [-0.4, -0.2) is 37.0 Å². The second-order valence-electron chi connectivity index (χ2n) is 6.73. The first-order chi connectivity index (χ1) is 13.1. The number of carbonyl (C=O) groups excluding carboxylic acids is 2. The molecule has 0 radical (unpaired) electrons. The van der Waals surface area contributed by atoms with Gasteiger partial charge < -0.3 is 10.1 Å². The number of amides is 1. The molecule has 2 aromatic carbocycles. The van der Waals surface area contributed by atoms with Gasteiger partial charge in [0.2, 0.25) is 5.91 Å². The molecule has 142 valence electrons. The summed E-state index contributed by atoms with van der Waals surface area (Å²) in [4.78, 5) is 26.8. The van der Waals surface area contributed by atoms with Crippen molar-refractivity contribution in [3.63, 3.8) is 0 Å². The minimum atomic E-state index is -0.479. The number of para-hydroxylation sites is 1. The Bertz CT molecular complexity index is 807. The summed E-state index contributed by atoms with van der Waals surface area (Å²) in [5.74, 6) is -0.994. The third kappa shape index (κ3) is 4.92. The van der Waals surface area contributed by atoms with Crippen LogP contribution in [0.25, 0.3) is 0 Å². The molecule has 1 fully saturated rings. The van der Waals surface area contributed by atoms with E-state index in [0.717, 1.165) is 24.9 Å². The van der Waals surface area contributed by atoms with E-state index in [1.165, 1.54) is 19.2 Å². The van der Waals surface area contributed by atoms with Gasteiger partial charge in [0, 0.05) is 13.1 Å². The molecule has 0 saturated carbocycles. The largest absolute Gasteiger partial charge is 0.465 e. The minimum Gasteiger partial charge on any atom is -0.465 e. The van der Waals surface area contributed by atoms with E-state index in [-0.39, 0.29) is 17.6 Å². The highest BCUT2D eigenvalue weighted by Crippen LogP contribution is 2.22. The van der Waals surface area contributed by atoms with Gasteiger partial charge in [0.15, 0.2) is 0 Å². The van der Waals surface area contributed by atoms with Gasteiger partial charge in [-0.25, -0.2) is 9.18 Å². The summed E-state index contributed by atoms with van der Waals surface area (Å²) in [5.41, 5.74) is 1.82. The van der Waals surface area contributed by atoms with Gasteiger partial charge in [0.25, 0.3) is 0 Å². The third-order valence-electron chi connectivity index (χ3n) is 4.79. The van der Waals surface area contributed by atoms with Gasteiger partial charge >= 0.3 is 5.97 Å². The fraction of sp³-hybridized carbons (Fsp3) is 0.333. The summed E-state index contributed by atoms with van der Waals surface area (Å²) < 4.78 is 17.8. The Labute approximate surface area is 158 Å². The van der Waals surface area contributed by atoms with Crippen LogP contribution in [-0.2, 0) is 16.1 Å². The van der Waals surface area contributed by atoms with Crippen molar-refractivity contribution in [1.82, 2.24) is 4.90 Å². The monoisotopic (exact) mass is 370 g/mol. The highest BCUT2D eigenvalue weighted by atomic mass is 19.1. The number of benzene rings is 2. The summed E-state index contributed by atoms with van der Waals surface area (Å²) in [6.45, 7) is 2.21. The number of hydrogen-bond acceptors (Lipinski definition) is 4. The lowest BCUT2D eigenvalue weighted by Crippen LogP contribution is -2.40. The van der Waals surface area contributed by atoms with Gasteiger partial charge in [-0.3, -0.25) is 9.69 Å². The summed E-state index contributed by atoms with van der Waals surface area (Å²) in [5, 5.41) is 2.87. The molecule has 0 bridgehead atoms. The number of piperidine rings is 1. The van der Waals surface area contributed by atoms with Crippen molar-refractivity contribution >= 4 is 17.6 Å². The first kappa shape index (κ1) is 19.0. The van der Waals surface area contributed by atoms with Gasteiger partial charge in [-0.05, 0) is 49.2 Å². The second-order valence-corrected chi connectivity index (χ2v) is 6.73. The molecule has 1 N–H and O–H groups in total. The predicted molar refractivity (Wildman–Crippen MR) is 101 cm³/mol. The first-order valence-corrected chi connectivity index (χ1v) is 9.02. The summed E-state index contributed by atoms with van der Waals surface area (Å²) in [7, 11) is 1.31. The molecule has 27 heavy (non-hydrogen) atoms.